The van der Waals surface area contributed by atoms with Crippen molar-refractivity contribution in [1.82, 2.24) is 0 Å². The molecule has 2 aromatic carbocycles. The van der Waals surface area contributed by atoms with Crippen LogP contribution in [0.15, 0.2) is 70.5 Å². The molecule has 0 radical (unpaired) electrons. The molecule has 7 heteroatoms. The standard InChI is InChI=1S/C21H17NO4S2/c23-18(12-11-15-7-4-5-10-17(15)22(25)26)19(21-27-13-6-14-28-21)20(24)16-8-2-1-3-9-16/h1-5,7-12H,6,13-14H2/b12-11-. The highest BCUT2D eigenvalue weighted by molar-refractivity contribution is 8.22. The minimum Gasteiger partial charge on any atom is -0.289 e. The Hall–Kier alpha value is -2.64. The summed E-state index contributed by atoms with van der Waals surface area (Å²) < 4.78 is 0.720. The molecule has 0 bridgehead atoms. The number of Topliss-reactive ketones (excluding diaryl/α,β-unsaturated/α-hetero) is 1. The van der Waals surface area contributed by atoms with Crippen LogP contribution in [0.4, 0.5) is 5.69 Å². The zero-order valence-electron chi connectivity index (χ0n) is 14.9. The Balaban J connectivity index is 1.96. The number of nitrogens with zero attached hydrogens (tertiary/aromatic N) is 1. The Morgan fingerprint density at radius 1 is 0.964 bits per heavy atom. The van der Waals surface area contributed by atoms with Gasteiger partial charge in [0.1, 0.15) is 0 Å². The lowest BCUT2D eigenvalue weighted by Crippen LogP contribution is -2.14. The first kappa shape index (κ1) is 20.1. The van der Waals surface area contributed by atoms with Gasteiger partial charge < -0.3 is 0 Å². The fourth-order valence-corrected chi connectivity index (χ4v) is 5.30. The van der Waals surface area contributed by atoms with E-state index in [1.807, 2.05) is 6.07 Å². The largest absolute Gasteiger partial charge is 0.289 e. The highest BCUT2D eigenvalue weighted by Crippen LogP contribution is 2.38. The number of allylic oxidation sites excluding steroid dienone is 2. The summed E-state index contributed by atoms with van der Waals surface area (Å²) >= 11 is 3.02. The number of carbonyl (C=O) groups excluding carboxylic acids is 2. The maximum Gasteiger partial charge on any atom is 0.276 e. The second kappa shape index (κ2) is 9.52. The summed E-state index contributed by atoms with van der Waals surface area (Å²) in [6.07, 6.45) is 3.67. The third kappa shape index (κ3) is 4.79. The number of para-hydroxylation sites is 1. The van der Waals surface area contributed by atoms with Crippen molar-refractivity contribution in [3.8, 4) is 0 Å². The van der Waals surface area contributed by atoms with Gasteiger partial charge >= 0.3 is 0 Å². The first-order valence-electron chi connectivity index (χ1n) is 8.63. The second-order valence-electron chi connectivity index (χ2n) is 5.92. The van der Waals surface area contributed by atoms with Crippen molar-refractivity contribution in [2.24, 2.45) is 0 Å². The fourth-order valence-electron chi connectivity index (χ4n) is 2.66. The number of hydrogen-bond acceptors (Lipinski definition) is 6. The van der Waals surface area contributed by atoms with Gasteiger partial charge in [-0.3, -0.25) is 19.7 Å². The number of hydrogen-bond donors (Lipinski definition) is 0. The van der Waals surface area contributed by atoms with E-state index in [0.717, 1.165) is 22.2 Å². The molecule has 1 saturated heterocycles. The van der Waals surface area contributed by atoms with Gasteiger partial charge in [-0.25, -0.2) is 0 Å². The van der Waals surface area contributed by atoms with Crippen LogP contribution >= 0.6 is 23.5 Å². The summed E-state index contributed by atoms with van der Waals surface area (Å²) in [5.74, 6) is 0.947. The van der Waals surface area contributed by atoms with E-state index in [1.54, 1.807) is 42.5 Å². The van der Waals surface area contributed by atoms with Gasteiger partial charge in [0.2, 0.25) is 0 Å². The van der Waals surface area contributed by atoms with E-state index in [1.165, 1.54) is 41.7 Å². The van der Waals surface area contributed by atoms with Crippen molar-refractivity contribution in [2.75, 3.05) is 11.5 Å². The second-order valence-corrected chi connectivity index (χ2v) is 8.39. The maximum absolute atomic E-state index is 13.0. The topological polar surface area (TPSA) is 77.3 Å². The van der Waals surface area contributed by atoms with Gasteiger partial charge in [-0.2, -0.15) is 0 Å². The molecule has 0 unspecified atom stereocenters. The van der Waals surface area contributed by atoms with Crippen molar-refractivity contribution in [3.05, 3.63) is 91.7 Å². The van der Waals surface area contributed by atoms with Crippen molar-refractivity contribution in [3.63, 3.8) is 0 Å². The number of nitro groups is 1. The Labute approximate surface area is 171 Å². The summed E-state index contributed by atoms with van der Waals surface area (Å²) in [4.78, 5) is 36.6. The number of nitro benzene ring substituents is 1. The number of carbonyl (C=O) groups is 2. The van der Waals surface area contributed by atoms with Crippen LogP contribution in [0, 0.1) is 10.1 Å². The molecule has 1 aliphatic heterocycles. The van der Waals surface area contributed by atoms with Crippen LogP contribution in [0.5, 0.6) is 0 Å². The monoisotopic (exact) mass is 411 g/mol. The summed E-state index contributed by atoms with van der Waals surface area (Å²) in [5, 5.41) is 11.2. The third-order valence-electron chi connectivity index (χ3n) is 4.02. The van der Waals surface area contributed by atoms with Gasteiger partial charge in [0, 0.05) is 11.6 Å². The summed E-state index contributed by atoms with van der Waals surface area (Å²) in [6.45, 7) is 0. The van der Waals surface area contributed by atoms with Crippen LogP contribution in [0.25, 0.3) is 6.08 Å². The first-order chi connectivity index (χ1) is 13.6. The lowest BCUT2D eigenvalue weighted by Gasteiger charge is -2.16. The van der Waals surface area contributed by atoms with Crippen LogP contribution in [-0.2, 0) is 4.79 Å². The van der Waals surface area contributed by atoms with E-state index >= 15 is 0 Å². The van der Waals surface area contributed by atoms with Crippen LogP contribution in [-0.4, -0.2) is 28.0 Å². The van der Waals surface area contributed by atoms with Crippen LogP contribution in [0.3, 0.4) is 0 Å². The third-order valence-corrected chi connectivity index (χ3v) is 6.64. The lowest BCUT2D eigenvalue weighted by molar-refractivity contribution is -0.385. The molecule has 0 aromatic heterocycles. The molecule has 142 valence electrons. The van der Waals surface area contributed by atoms with E-state index in [-0.39, 0.29) is 17.0 Å². The smallest absolute Gasteiger partial charge is 0.276 e. The Morgan fingerprint density at radius 3 is 2.29 bits per heavy atom. The van der Waals surface area contributed by atoms with Crippen molar-refractivity contribution < 1.29 is 14.5 Å². The average molecular weight is 412 g/mol. The molecule has 3 rings (SSSR count). The van der Waals surface area contributed by atoms with Gasteiger partial charge in [0.05, 0.1) is 20.3 Å². The molecule has 0 spiro atoms. The molecule has 1 aliphatic rings. The normalized spacial score (nSPS) is 14.1. The zero-order chi connectivity index (χ0) is 19.9. The minimum absolute atomic E-state index is 0.0865. The molecule has 2 aromatic rings. The van der Waals surface area contributed by atoms with E-state index in [2.05, 4.69) is 0 Å². The van der Waals surface area contributed by atoms with Gasteiger partial charge in [0.25, 0.3) is 5.69 Å². The van der Waals surface area contributed by atoms with Crippen LogP contribution < -0.4 is 0 Å². The van der Waals surface area contributed by atoms with Gasteiger partial charge in [-0.05, 0) is 36.1 Å². The highest BCUT2D eigenvalue weighted by Gasteiger charge is 2.25. The number of benzene rings is 2. The van der Waals surface area contributed by atoms with Crippen molar-refractivity contribution >= 4 is 46.9 Å². The fraction of sp³-hybridized carbons (Fsp3) is 0.143. The molecule has 0 N–H and O–H groups in total. The summed E-state index contributed by atoms with van der Waals surface area (Å²) in [6, 6.07) is 14.9. The molecular weight excluding hydrogens is 394 g/mol. The summed E-state index contributed by atoms with van der Waals surface area (Å²) in [7, 11) is 0. The van der Waals surface area contributed by atoms with Gasteiger partial charge in [-0.15, -0.1) is 23.5 Å². The molecule has 1 heterocycles. The average Bonchev–Trinajstić information content (AvgIpc) is 2.74. The maximum atomic E-state index is 13.0. The lowest BCUT2D eigenvalue weighted by atomic mass is 10.0. The Morgan fingerprint density at radius 2 is 1.61 bits per heavy atom. The zero-order valence-corrected chi connectivity index (χ0v) is 16.5. The van der Waals surface area contributed by atoms with Crippen molar-refractivity contribution in [1.29, 1.82) is 0 Å². The summed E-state index contributed by atoms with van der Waals surface area (Å²) in [5.41, 5.74) is 0.817. The number of thioether (sulfide) groups is 2. The van der Waals surface area contributed by atoms with E-state index < -0.39 is 10.7 Å². The van der Waals surface area contributed by atoms with Crippen LogP contribution in [0.2, 0.25) is 0 Å². The molecule has 0 saturated carbocycles. The molecule has 1 fully saturated rings. The van der Waals surface area contributed by atoms with Crippen LogP contribution in [0.1, 0.15) is 22.3 Å². The molecule has 5 nitrogen and oxygen atoms in total. The molecule has 28 heavy (non-hydrogen) atoms. The number of ketones is 2. The molecule has 0 aliphatic carbocycles. The van der Waals surface area contributed by atoms with E-state index in [4.69, 9.17) is 0 Å². The Bertz CT molecular complexity index is 959. The molecular formula is C21H17NO4S2. The van der Waals surface area contributed by atoms with E-state index in [0.29, 0.717) is 11.1 Å². The minimum atomic E-state index is -0.495. The van der Waals surface area contributed by atoms with E-state index in [9.17, 15) is 19.7 Å². The SMILES string of the molecule is O=C(/C=C\c1ccccc1[N+](=O)[O-])C(C(=O)c1ccccc1)=C1SCCCS1. The molecule has 0 amide bonds. The molecule has 0 atom stereocenters. The predicted octanol–water partition coefficient (Wildman–Crippen LogP) is 5.14. The van der Waals surface area contributed by atoms with Crippen molar-refractivity contribution in [2.45, 2.75) is 6.42 Å². The van der Waals surface area contributed by atoms with Gasteiger partial charge in [-0.1, -0.05) is 42.5 Å². The highest BCUT2D eigenvalue weighted by atomic mass is 32.2. The number of rotatable bonds is 6. The predicted molar refractivity (Wildman–Crippen MR) is 114 cm³/mol. The van der Waals surface area contributed by atoms with Gasteiger partial charge in [0.15, 0.2) is 11.6 Å². The quantitative estimate of drug-likeness (QED) is 0.164. The Kier molecular flexibility index (Phi) is 6.84. The first-order valence-corrected chi connectivity index (χ1v) is 10.6.